The van der Waals surface area contributed by atoms with Gasteiger partial charge in [-0.3, -0.25) is 0 Å². The molecule has 0 fully saturated rings. The Kier molecular flexibility index (Phi) is 2.76. The number of fused-ring (bicyclic) bond motifs is 9. The van der Waals surface area contributed by atoms with Crippen LogP contribution < -0.4 is 4.90 Å². The summed E-state index contributed by atoms with van der Waals surface area (Å²) >= 11 is 0. The van der Waals surface area contributed by atoms with E-state index in [9.17, 15) is 20.6 Å². The first-order valence-electron chi connectivity index (χ1n) is 31.8. The lowest BCUT2D eigenvalue weighted by Crippen LogP contribution is -2.28. The van der Waals surface area contributed by atoms with E-state index in [-0.39, 0.29) is 22.3 Å². The lowest BCUT2D eigenvalue weighted by atomic mass is 9.68. The van der Waals surface area contributed by atoms with Gasteiger partial charge in [-0.05, 0) is 97.9 Å². The van der Waals surface area contributed by atoms with E-state index in [1.807, 2.05) is 0 Å². The summed E-state index contributed by atoms with van der Waals surface area (Å²) in [4.78, 5) is 0.506. The van der Waals surface area contributed by atoms with Crippen molar-refractivity contribution in [2.24, 2.45) is 0 Å². The number of benzene rings is 8. The van der Waals surface area contributed by atoms with E-state index < -0.39 is 271 Å². The maximum Gasteiger partial charge on any atom is 0.137 e. The van der Waals surface area contributed by atoms with Gasteiger partial charge in [0.2, 0.25) is 0 Å². The number of hydrogen-bond donors (Lipinski definition) is 0. The van der Waals surface area contributed by atoms with Gasteiger partial charge < -0.3 is 9.32 Å². The van der Waals surface area contributed by atoms with Crippen LogP contribution in [0, 0.1) is 0 Å². The molecule has 1 heterocycles. The zero-order valence-corrected chi connectivity index (χ0v) is 27.9. The Morgan fingerprint density at radius 2 is 0.981 bits per heavy atom. The topological polar surface area (TPSA) is 16.4 Å². The molecule has 256 valence electrons. The number of nitrogens with zero attached hydrogens (tertiary/aromatic N) is 1. The highest BCUT2D eigenvalue weighted by molar-refractivity contribution is 6.13. The SMILES string of the molecule is [2H]c1c([2H])c([2H])c(C2(c3c([2H])c([2H])c(N(c4c([2H])c([2H])c5c(c4[2H])C(C)(C)c4c([2H])c([2H])c([2H])c([2H])c4-5)c4c([2H])c([2H])c([2H])c5oc6c([2H])c([2H])c([2H])c([2H])c6c45)c([2H])c3[2H])c3c([2H])c([2H])c([2H])c([2H])c3-c3c([2H])c([2H])c([2H])c([2H])c32)c([2H])c1[2H]. The van der Waals surface area contributed by atoms with Crippen LogP contribution in [0.5, 0.6) is 0 Å². The summed E-state index contributed by atoms with van der Waals surface area (Å²) in [6.07, 6.45) is 0. The molecule has 0 bridgehead atoms. The van der Waals surface area contributed by atoms with Gasteiger partial charge in [-0.2, -0.15) is 0 Å². The van der Waals surface area contributed by atoms with Crippen molar-refractivity contribution in [1.29, 1.82) is 0 Å². The van der Waals surface area contributed by atoms with Crippen molar-refractivity contribution < 1.29 is 46.9 Å². The minimum absolute atomic E-state index is 0.148. The van der Waals surface area contributed by atoms with E-state index in [1.165, 1.54) is 13.8 Å². The van der Waals surface area contributed by atoms with Crippen LogP contribution in [0.15, 0.2) is 192 Å². The van der Waals surface area contributed by atoms with Gasteiger partial charge in [0.25, 0.3) is 0 Å². The highest BCUT2D eigenvalue weighted by atomic mass is 16.3. The van der Waals surface area contributed by atoms with E-state index >= 15 is 0 Å². The Bertz CT molecular complexity index is 4590. The summed E-state index contributed by atoms with van der Waals surface area (Å²) in [5, 5.41) is -1.32. The summed E-state index contributed by atoms with van der Waals surface area (Å²) in [7, 11) is 0. The fourth-order valence-corrected chi connectivity index (χ4v) is 7.46. The second-order valence-electron chi connectivity index (χ2n) is 12.9. The minimum atomic E-state index is -3.33. The van der Waals surface area contributed by atoms with Crippen LogP contribution in [0.25, 0.3) is 44.2 Å². The zero-order valence-electron chi connectivity index (χ0n) is 58.9. The molecule has 0 N–H and O–H groups in total. The van der Waals surface area contributed by atoms with E-state index in [0.29, 0.717) is 4.90 Å². The molecule has 0 radical (unpaired) electrons. The smallest absolute Gasteiger partial charge is 0.137 e. The van der Waals surface area contributed by atoms with Gasteiger partial charge in [0.05, 0.1) is 59.0 Å². The Hall–Kier alpha value is -6.64. The van der Waals surface area contributed by atoms with E-state index in [4.69, 9.17) is 26.3 Å². The molecule has 2 nitrogen and oxygen atoms in total. The van der Waals surface area contributed by atoms with E-state index in [2.05, 4.69) is 0 Å². The number of furan rings is 1. The largest absolute Gasteiger partial charge is 0.456 e. The van der Waals surface area contributed by atoms with Gasteiger partial charge in [-0.1, -0.05) is 159 Å². The molecular formula is C52H37NO. The summed E-state index contributed by atoms with van der Waals surface area (Å²) in [6.45, 7) is 2.84. The van der Waals surface area contributed by atoms with Crippen LogP contribution >= 0.6 is 0 Å². The fourth-order valence-electron chi connectivity index (χ4n) is 7.46. The van der Waals surface area contributed by atoms with Gasteiger partial charge in [-0.25, -0.2) is 0 Å². The number of rotatable bonds is 5. The maximum atomic E-state index is 10.3. The zero-order chi connectivity index (χ0) is 63.0. The third-order valence-corrected chi connectivity index (χ3v) is 9.82. The van der Waals surface area contributed by atoms with Crippen LogP contribution in [0.2, 0.25) is 0 Å². The van der Waals surface area contributed by atoms with Crippen molar-refractivity contribution in [2.45, 2.75) is 24.7 Å². The highest BCUT2D eigenvalue weighted by Crippen LogP contribution is 2.57. The van der Waals surface area contributed by atoms with Gasteiger partial charge in [0.1, 0.15) is 11.2 Å². The molecule has 2 aliphatic rings. The molecule has 11 rings (SSSR count). The van der Waals surface area contributed by atoms with Gasteiger partial charge in [0, 0.05) is 22.2 Å². The molecule has 2 aliphatic carbocycles. The fraction of sp³-hybridized carbons (Fsp3) is 0.0769. The lowest BCUT2D eigenvalue weighted by Gasteiger charge is -2.34. The minimum Gasteiger partial charge on any atom is -0.456 e. The molecule has 54 heavy (non-hydrogen) atoms. The third kappa shape index (κ3) is 4.17. The van der Waals surface area contributed by atoms with Crippen LogP contribution in [0.1, 0.15) is 89.7 Å². The summed E-state index contributed by atoms with van der Waals surface area (Å²) in [5.74, 6) is 0. The van der Waals surface area contributed by atoms with E-state index in [0.717, 1.165) is 0 Å². The molecule has 0 amide bonds. The molecule has 0 saturated heterocycles. The van der Waals surface area contributed by atoms with Crippen molar-refractivity contribution in [2.75, 3.05) is 4.90 Å². The van der Waals surface area contributed by atoms with Gasteiger partial charge in [-0.15, -0.1) is 0 Å². The molecule has 1 aromatic heterocycles. The summed E-state index contributed by atoms with van der Waals surface area (Å²) in [5.41, 5.74) is -16.4. The second kappa shape index (κ2) is 11.4. The number of para-hydroxylation sites is 1. The molecule has 8 aromatic carbocycles. The average Bonchev–Trinajstić information content (AvgIpc) is 1.57. The summed E-state index contributed by atoms with van der Waals surface area (Å²) < 4.78 is 294. The molecule has 2 heteroatoms. The van der Waals surface area contributed by atoms with Crippen LogP contribution in [-0.4, -0.2) is 0 Å². The molecule has 0 spiro atoms. The van der Waals surface area contributed by atoms with Crippen LogP contribution in [-0.2, 0) is 10.8 Å². The normalized spacial score (nSPS) is 22.4. The molecule has 0 unspecified atom stereocenters. The highest BCUT2D eigenvalue weighted by Gasteiger charge is 2.46. The Morgan fingerprint density at radius 3 is 1.70 bits per heavy atom. The quantitative estimate of drug-likeness (QED) is 0.176. The Morgan fingerprint density at radius 1 is 0.444 bits per heavy atom. The predicted octanol–water partition coefficient (Wildman–Crippen LogP) is 13.7. The standard InChI is InChI=1S/C52H37NO/c1-51(2)43-21-10-6-17-38(43)41-32-31-37(33-46(41)51)53(47-24-14-26-49-50(47)42-20-9-13-25-48(42)54-49)36-29-27-35(28-30-36)52(34-15-4-3-5-16-34)44-22-11-7-18-39(44)40-19-8-12-23-45(40)52/h3-33H,1-2H3/i3D,4D,5D,6D,7D,8D,9D,10D,11D,12D,13D,14D,15D,16D,17D,18D,19D,20D,21D,22D,23D,24D,25D,26D,27D,28D,29D,30D,31D,32D,33D. The van der Waals surface area contributed by atoms with Crippen molar-refractivity contribution in [1.82, 2.24) is 0 Å². The Balaban J connectivity index is 1.42. The summed E-state index contributed by atoms with van der Waals surface area (Å²) in [6, 6.07) is -32.2. The first-order chi connectivity index (χ1) is 39.4. The Labute approximate surface area is 359 Å². The first kappa shape index (κ1) is 13.0. The predicted molar refractivity (Wildman–Crippen MR) is 223 cm³/mol. The van der Waals surface area contributed by atoms with Crippen molar-refractivity contribution >= 4 is 39.0 Å². The van der Waals surface area contributed by atoms with Crippen LogP contribution in [0.3, 0.4) is 0 Å². The third-order valence-electron chi connectivity index (χ3n) is 9.82. The van der Waals surface area contributed by atoms with Crippen molar-refractivity contribution in [3.63, 3.8) is 0 Å². The second-order valence-corrected chi connectivity index (χ2v) is 12.9. The van der Waals surface area contributed by atoms with Crippen molar-refractivity contribution in [3.8, 4) is 22.3 Å². The molecule has 0 atom stereocenters. The molecule has 0 saturated carbocycles. The first-order valence-corrected chi connectivity index (χ1v) is 16.3. The number of anilines is 3. The molecule has 9 aromatic rings. The monoisotopic (exact) mass is 722 g/mol. The lowest BCUT2D eigenvalue weighted by molar-refractivity contribution is 0.660. The molecular weight excluding hydrogens is 655 g/mol. The van der Waals surface area contributed by atoms with Crippen molar-refractivity contribution in [3.05, 3.63) is 221 Å². The average molecular weight is 723 g/mol. The maximum absolute atomic E-state index is 10.3. The number of hydrogen-bond acceptors (Lipinski definition) is 2. The van der Waals surface area contributed by atoms with Gasteiger partial charge in [0.15, 0.2) is 0 Å². The van der Waals surface area contributed by atoms with Crippen LogP contribution in [0.4, 0.5) is 17.1 Å². The van der Waals surface area contributed by atoms with E-state index in [1.54, 1.807) is 0 Å². The molecule has 0 aliphatic heterocycles. The van der Waals surface area contributed by atoms with Gasteiger partial charge >= 0.3 is 0 Å².